The average Bonchev–Trinajstić information content (AvgIpc) is 2.36. The third kappa shape index (κ3) is 2.79. The number of ether oxygens (including phenoxy) is 1. The van der Waals surface area contributed by atoms with Crippen LogP contribution in [0.3, 0.4) is 0 Å². The van der Waals surface area contributed by atoms with Crippen LogP contribution in [0.5, 0.6) is 5.75 Å². The van der Waals surface area contributed by atoms with Gasteiger partial charge in [-0.25, -0.2) is 0 Å². The highest BCUT2D eigenvalue weighted by Crippen LogP contribution is 2.41. The standard InChI is InChI=1S/C17H22BrNO/c1-10-5-11(2)7-12(6-10)16-9-15(19)14-4-3-13(18)8-17(14)20-16/h3-5,8,10,12,15-16H,6-7,9,19H2,1-2H3/t10?,12?,15-,16?/m1/s1. The number of benzene rings is 1. The van der Waals surface area contributed by atoms with Crippen molar-refractivity contribution in [3.8, 4) is 5.75 Å². The monoisotopic (exact) mass is 335 g/mol. The third-order valence-corrected chi connectivity index (χ3v) is 4.99. The first-order valence-corrected chi connectivity index (χ1v) is 8.21. The van der Waals surface area contributed by atoms with E-state index >= 15 is 0 Å². The van der Waals surface area contributed by atoms with Crippen LogP contribution in [0.2, 0.25) is 0 Å². The number of allylic oxidation sites excluding steroid dienone is 2. The van der Waals surface area contributed by atoms with Crippen LogP contribution < -0.4 is 10.5 Å². The van der Waals surface area contributed by atoms with Gasteiger partial charge in [-0.15, -0.1) is 0 Å². The fraction of sp³-hybridized carbons (Fsp3) is 0.529. The summed E-state index contributed by atoms with van der Waals surface area (Å²) in [6.07, 6.45) is 5.92. The lowest BCUT2D eigenvalue weighted by molar-refractivity contribution is 0.0857. The van der Waals surface area contributed by atoms with Crippen molar-refractivity contribution in [2.24, 2.45) is 17.6 Å². The molecule has 3 unspecified atom stereocenters. The van der Waals surface area contributed by atoms with Gasteiger partial charge >= 0.3 is 0 Å². The summed E-state index contributed by atoms with van der Waals surface area (Å²) in [7, 11) is 0. The van der Waals surface area contributed by atoms with Gasteiger partial charge in [-0.2, -0.15) is 0 Å². The molecule has 0 amide bonds. The van der Waals surface area contributed by atoms with Gasteiger partial charge in [0, 0.05) is 28.4 Å². The van der Waals surface area contributed by atoms with Crippen molar-refractivity contribution in [2.45, 2.75) is 45.3 Å². The Morgan fingerprint density at radius 3 is 2.85 bits per heavy atom. The van der Waals surface area contributed by atoms with Crippen molar-refractivity contribution in [2.75, 3.05) is 0 Å². The highest BCUT2D eigenvalue weighted by molar-refractivity contribution is 9.10. The Labute approximate surface area is 129 Å². The maximum absolute atomic E-state index is 6.35. The minimum absolute atomic E-state index is 0.0957. The van der Waals surface area contributed by atoms with Crippen LogP contribution in [0.15, 0.2) is 34.3 Å². The van der Waals surface area contributed by atoms with Crippen LogP contribution in [-0.4, -0.2) is 6.10 Å². The van der Waals surface area contributed by atoms with E-state index in [9.17, 15) is 0 Å². The van der Waals surface area contributed by atoms with Crippen LogP contribution in [0, 0.1) is 11.8 Å². The maximum Gasteiger partial charge on any atom is 0.125 e. The molecule has 3 heteroatoms. The molecule has 1 aliphatic carbocycles. The molecule has 0 spiro atoms. The van der Waals surface area contributed by atoms with Crippen molar-refractivity contribution < 1.29 is 4.74 Å². The molecule has 0 saturated carbocycles. The molecule has 1 aromatic rings. The quantitative estimate of drug-likeness (QED) is 0.761. The molecule has 0 fully saturated rings. The molecule has 2 aliphatic rings. The molecule has 1 aromatic carbocycles. The predicted molar refractivity (Wildman–Crippen MR) is 85.7 cm³/mol. The van der Waals surface area contributed by atoms with Gasteiger partial charge in [0.2, 0.25) is 0 Å². The highest BCUT2D eigenvalue weighted by Gasteiger charge is 2.33. The minimum atomic E-state index is 0.0957. The molecule has 4 atom stereocenters. The van der Waals surface area contributed by atoms with Crippen LogP contribution in [0.25, 0.3) is 0 Å². The largest absolute Gasteiger partial charge is 0.490 e. The topological polar surface area (TPSA) is 35.2 Å². The van der Waals surface area contributed by atoms with E-state index in [0.717, 1.165) is 28.6 Å². The normalized spacial score (nSPS) is 33.1. The Hall–Kier alpha value is -0.800. The Balaban J connectivity index is 1.82. The zero-order valence-electron chi connectivity index (χ0n) is 12.1. The molecule has 2 N–H and O–H groups in total. The maximum atomic E-state index is 6.35. The molecule has 0 radical (unpaired) electrons. The van der Waals surface area contributed by atoms with Gasteiger partial charge in [0.25, 0.3) is 0 Å². The average molecular weight is 336 g/mol. The number of nitrogens with two attached hydrogens (primary N) is 1. The summed E-state index contributed by atoms with van der Waals surface area (Å²) in [4.78, 5) is 0. The fourth-order valence-corrected chi connectivity index (χ4v) is 4.01. The van der Waals surface area contributed by atoms with Crippen LogP contribution in [-0.2, 0) is 0 Å². The summed E-state index contributed by atoms with van der Waals surface area (Å²) in [5.41, 5.74) is 8.98. The number of fused-ring (bicyclic) bond motifs is 1. The zero-order valence-corrected chi connectivity index (χ0v) is 13.7. The molecule has 2 nitrogen and oxygen atoms in total. The summed E-state index contributed by atoms with van der Waals surface area (Å²) < 4.78 is 7.34. The van der Waals surface area contributed by atoms with E-state index in [1.165, 1.54) is 12.0 Å². The number of hydrogen-bond acceptors (Lipinski definition) is 2. The molecule has 1 aliphatic heterocycles. The summed E-state index contributed by atoms with van der Waals surface area (Å²) in [6.45, 7) is 4.53. The van der Waals surface area contributed by atoms with E-state index in [2.05, 4.69) is 48.0 Å². The molecule has 0 aromatic heterocycles. The smallest absolute Gasteiger partial charge is 0.125 e. The lowest BCUT2D eigenvalue weighted by Gasteiger charge is -2.38. The summed E-state index contributed by atoms with van der Waals surface area (Å²) >= 11 is 3.52. The van der Waals surface area contributed by atoms with E-state index in [1.807, 2.05) is 6.07 Å². The van der Waals surface area contributed by atoms with E-state index in [4.69, 9.17) is 10.5 Å². The Morgan fingerprint density at radius 2 is 2.10 bits per heavy atom. The fourth-order valence-electron chi connectivity index (χ4n) is 3.67. The summed E-state index contributed by atoms with van der Waals surface area (Å²) in [5, 5.41) is 0. The van der Waals surface area contributed by atoms with E-state index in [1.54, 1.807) is 0 Å². The van der Waals surface area contributed by atoms with Crippen molar-refractivity contribution >= 4 is 15.9 Å². The molecule has 0 saturated heterocycles. The SMILES string of the molecule is CC1=CC(C)CC(C2C[C@@H](N)c3ccc(Br)cc3O2)C1. The summed E-state index contributed by atoms with van der Waals surface area (Å²) in [6, 6.07) is 6.27. The second-order valence-corrected chi connectivity index (χ2v) is 7.29. The molecular weight excluding hydrogens is 314 g/mol. The second kappa shape index (κ2) is 5.53. The Kier molecular flexibility index (Phi) is 3.91. The second-order valence-electron chi connectivity index (χ2n) is 6.37. The van der Waals surface area contributed by atoms with E-state index in [-0.39, 0.29) is 12.1 Å². The van der Waals surface area contributed by atoms with Crippen molar-refractivity contribution in [1.29, 1.82) is 0 Å². The van der Waals surface area contributed by atoms with Gasteiger partial charge in [-0.1, -0.05) is 40.6 Å². The van der Waals surface area contributed by atoms with Gasteiger partial charge in [-0.05, 0) is 37.8 Å². The first kappa shape index (κ1) is 14.2. The van der Waals surface area contributed by atoms with Crippen molar-refractivity contribution in [1.82, 2.24) is 0 Å². The van der Waals surface area contributed by atoms with E-state index < -0.39 is 0 Å². The Bertz CT molecular complexity index is 540. The van der Waals surface area contributed by atoms with Crippen LogP contribution in [0.1, 0.15) is 44.7 Å². The lowest BCUT2D eigenvalue weighted by Crippen LogP contribution is -2.37. The van der Waals surface area contributed by atoms with Crippen LogP contribution >= 0.6 is 15.9 Å². The number of rotatable bonds is 1. The third-order valence-electron chi connectivity index (χ3n) is 4.49. The lowest BCUT2D eigenvalue weighted by atomic mass is 9.78. The molecule has 108 valence electrons. The first-order valence-electron chi connectivity index (χ1n) is 7.42. The molecule has 20 heavy (non-hydrogen) atoms. The van der Waals surface area contributed by atoms with Gasteiger partial charge in [0.1, 0.15) is 11.9 Å². The minimum Gasteiger partial charge on any atom is -0.490 e. The van der Waals surface area contributed by atoms with Gasteiger partial charge in [-0.3, -0.25) is 0 Å². The predicted octanol–water partition coefficient (Wildman–Crippen LogP) is 4.59. The van der Waals surface area contributed by atoms with Crippen LogP contribution in [0.4, 0.5) is 0 Å². The highest BCUT2D eigenvalue weighted by atomic mass is 79.9. The first-order chi connectivity index (χ1) is 9.52. The Morgan fingerprint density at radius 1 is 1.30 bits per heavy atom. The molecule has 0 bridgehead atoms. The van der Waals surface area contributed by atoms with Crippen molar-refractivity contribution in [3.63, 3.8) is 0 Å². The van der Waals surface area contributed by atoms with E-state index in [0.29, 0.717) is 11.8 Å². The van der Waals surface area contributed by atoms with Crippen molar-refractivity contribution in [3.05, 3.63) is 39.9 Å². The van der Waals surface area contributed by atoms with Gasteiger partial charge < -0.3 is 10.5 Å². The molecular formula is C17H22BrNO. The molecule has 3 rings (SSSR count). The van der Waals surface area contributed by atoms with Gasteiger partial charge in [0.05, 0.1) is 0 Å². The summed E-state index contributed by atoms with van der Waals surface area (Å²) in [5.74, 6) is 2.20. The number of halogens is 1. The number of hydrogen-bond donors (Lipinski definition) is 1. The zero-order chi connectivity index (χ0) is 14.3. The molecule has 1 heterocycles. The van der Waals surface area contributed by atoms with Gasteiger partial charge in [0.15, 0.2) is 0 Å².